The number of alkyl halides is 3. The maximum absolute atomic E-state index is 13.0. The largest absolute Gasteiger partial charge is 0.456 e. The normalized spacial score (nSPS) is 11.8. The number of hydrogen-bond donors (Lipinski definition) is 2. The van der Waals surface area contributed by atoms with Crippen LogP contribution in [0.5, 0.6) is 11.5 Å². The zero-order valence-corrected chi connectivity index (χ0v) is 16.9. The molecular formula is C24H18F3N3O2. The lowest BCUT2D eigenvalue weighted by Gasteiger charge is -2.12. The third-order valence-corrected chi connectivity index (χ3v) is 4.71. The van der Waals surface area contributed by atoms with Crippen LogP contribution in [0.4, 0.5) is 18.9 Å². The van der Waals surface area contributed by atoms with Crippen LogP contribution in [0.2, 0.25) is 0 Å². The van der Waals surface area contributed by atoms with Crippen LogP contribution >= 0.6 is 0 Å². The maximum Gasteiger partial charge on any atom is 0.416 e. The Labute approximate surface area is 181 Å². The van der Waals surface area contributed by atoms with Gasteiger partial charge < -0.3 is 15.0 Å². The first-order valence-electron chi connectivity index (χ1n) is 9.66. The Bertz CT molecular complexity index is 1310. The van der Waals surface area contributed by atoms with Crippen molar-refractivity contribution in [2.75, 3.05) is 5.32 Å². The van der Waals surface area contributed by atoms with Crippen LogP contribution in [0, 0.1) is 6.92 Å². The Hall–Kier alpha value is -4.07. The average molecular weight is 437 g/mol. The molecule has 0 fully saturated rings. The fourth-order valence-corrected chi connectivity index (χ4v) is 3.15. The number of aromatic nitrogens is 2. The zero-order valence-electron chi connectivity index (χ0n) is 16.9. The van der Waals surface area contributed by atoms with Gasteiger partial charge in [0.25, 0.3) is 0 Å². The van der Waals surface area contributed by atoms with Crippen molar-refractivity contribution in [1.82, 2.24) is 9.97 Å². The molecule has 0 aliphatic heterocycles. The molecule has 8 heteroatoms. The highest BCUT2D eigenvalue weighted by molar-refractivity contribution is 6.02. The van der Waals surface area contributed by atoms with Gasteiger partial charge in [-0.1, -0.05) is 18.2 Å². The molecule has 0 atom stereocenters. The number of halogens is 3. The number of H-pyrrole nitrogens is 1. The molecule has 4 rings (SSSR count). The number of rotatable bonds is 5. The molecule has 0 aliphatic carbocycles. The standard InChI is InChI=1S/C24H18F3N3O2/c1-15-5-7-18(13-21(15)24(25,26)27)30-22(31)8-6-16-3-2-4-19(11-16)32-20-12-17-9-10-28-23(17)29-14-20/h2-14H,1H3,(H,28,29)(H,30,31). The molecule has 0 bridgehead atoms. The molecule has 0 saturated heterocycles. The van der Waals surface area contributed by atoms with Crippen molar-refractivity contribution in [2.24, 2.45) is 0 Å². The van der Waals surface area contributed by atoms with E-state index in [9.17, 15) is 18.0 Å². The van der Waals surface area contributed by atoms with Crippen molar-refractivity contribution in [3.63, 3.8) is 0 Å². The molecule has 2 heterocycles. The van der Waals surface area contributed by atoms with Gasteiger partial charge in [0.1, 0.15) is 17.1 Å². The van der Waals surface area contributed by atoms with Crippen LogP contribution in [0.15, 0.2) is 73.1 Å². The molecule has 2 aromatic heterocycles. The number of fused-ring (bicyclic) bond motifs is 1. The Kier molecular flexibility index (Phi) is 5.68. The summed E-state index contributed by atoms with van der Waals surface area (Å²) in [5.41, 5.74) is 0.830. The number of aromatic amines is 1. The quantitative estimate of drug-likeness (QED) is 0.358. The van der Waals surface area contributed by atoms with E-state index < -0.39 is 17.6 Å². The van der Waals surface area contributed by atoms with E-state index in [4.69, 9.17) is 4.74 Å². The van der Waals surface area contributed by atoms with Gasteiger partial charge in [-0.3, -0.25) is 4.79 Å². The van der Waals surface area contributed by atoms with Crippen molar-refractivity contribution in [3.05, 3.63) is 89.8 Å². The molecule has 0 spiro atoms. The minimum atomic E-state index is -4.48. The van der Waals surface area contributed by atoms with Gasteiger partial charge in [0.05, 0.1) is 11.8 Å². The van der Waals surface area contributed by atoms with Crippen LogP contribution in [0.25, 0.3) is 17.1 Å². The summed E-state index contributed by atoms with van der Waals surface area (Å²) in [6, 6.07) is 14.5. The summed E-state index contributed by atoms with van der Waals surface area (Å²) >= 11 is 0. The lowest BCUT2D eigenvalue weighted by atomic mass is 10.1. The van der Waals surface area contributed by atoms with E-state index in [1.54, 1.807) is 42.7 Å². The molecule has 4 aromatic rings. The lowest BCUT2D eigenvalue weighted by molar-refractivity contribution is -0.138. The van der Waals surface area contributed by atoms with Crippen LogP contribution in [0.1, 0.15) is 16.7 Å². The molecule has 5 nitrogen and oxygen atoms in total. The summed E-state index contributed by atoms with van der Waals surface area (Å²) in [7, 11) is 0. The van der Waals surface area contributed by atoms with Crippen molar-refractivity contribution in [2.45, 2.75) is 13.1 Å². The van der Waals surface area contributed by atoms with Crippen LogP contribution < -0.4 is 10.1 Å². The Morgan fingerprint density at radius 3 is 2.75 bits per heavy atom. The summed E-state index contributed by atoms with van der Waals surface area (Å²) in [5, 5.41) is 3.37. The first-order valence-corrected chi connectivity index (χ1v) is 9.66. The first kappa shape index (κ1) is 21.2. The highest BCUT2D eigenvalue weighted by Crippen LogP contribution is 2.33. The van der Waals surface area contributed by atoms with E-state index >= 15 is 0 Å². The number of amides is 1. The Balaban J connectivity index is 1.44. The van der Waals surface area contributed by atoms with Gasteiger partial charge in [0, 0.05) is 23.3 Å². The fourth-order valence-electron chi connectivity index (χ4n) is 3.15. The lowest BCUT2D eigenvalue weighted by Crippen LogP contribution is -2.11. The molecule has 0 saturated carbocycles. The summed E-state index contributed by atoms with van der Waals surface area (Å²) in [4.78, 5) is 19.5. The number of carbonyl (C=O) groups is 1. The first-order chi connectivity index (χ1) is 15.3. The number of pyridine rings is 1. The van der Waals surface area contributed by atoms with E-state index in [0.717, 1.165) is 17.1 Å². The van der Waals surface area contributed by atoms with Gasteiger partial charge >= 0.3 is 6.18 Å². The molecule has 0 radical (unpaired) electrons. The molecular weight excluding hydrogens is 419 g/mol. The molecule has 162 valence electrons. The van der Waals surface area contributed by atoms with Crippen molar-refractivity contribution >= 4 is 28.7 Å². The minimum absolute atomic E-state index is 0.0716. The minimum Gasteiger partial charge on any atom is -0.456 e. The van der Waals surface area contributed by atoms with Gasteiger partial charge in [-0.15, -0.1) is 0 Å². The van der Waals surface area contributed by atoms with Crippen molar-refractivity contribution < 1.29 is 22.7 Å². The number of anilines is 1. The van der Waals surface area contributed by atoms with Crippen LogP contribution in [-0.2, 0) is 11.0 Å². The number of aryl methyl sites for hydroxylation is 1. The predicted octanol–water partition coefficient (Wildman–Crippen LogP) is 6.33. The topological polar surface area (TPSA) is 67.0 Å². The SMILES string of the molecule is Cc1ccc(NC(=O)C=Cc2cccc(Oc3cnc4[nH]ccc4c3)c2)cc1C(F)(F)F. The zero-order chi connectivity index (χ0) is 22.7. The Morgan fingerprint density at radius 1 is 1.09 bits per heavy atom. The number of benzene rings is 2. The number of hydrogen-bond acceptors (Lipinski definition) is 3. The average Bonchev–Trinajstić information content (AvgIpc) is 3.21. The second-order valence-corrected chi connectivity index (χ2v) is 7.11. The third-order valence-electron chi connectivity index (χ3n) is 4.71. The Morgan fingerprint density at radius 2 is 1.94 bits per heavy atom. The monoisotopic (exact) mass is 437 g/mol. The number of nitrogens with zero attached hydrogens (tertiary/aromatic N) is 1. The molecule has 0 aliphatic rings. The number of nitrogens with one attached hydrogen (secondary N) is 2. The summed E-state index contributed by atoms with van der Waals surface area (Å²) in [6.45, 7) is 1.37. The summed E-state index contributed by atoms with van der Waals surface area (Å²) in [6.07, 6.45) is 1.71. The van der Waals surface area contributed by atoms with Gasteiger partial charge in [0.2, 0.25) is 5.91 Å². The smallest absolute Gasteiger partial charge is 0.416 e. The van der Waals surface area contributed by atoms with Crippen molar-refractivity contribution in [3.8, 4) is 11.5 Å². The fraction of sp³-hybridized carbons (Fsp3) is 0.0833. The second kappa shape index (κ2) is 8.58. The van der Waals surface area contributed by atoms with Gasteiger partial charge in [-0.05, 0) is 60.5 Å². The van der Waals surface area contributed by atoms with E-state index in [1.807, 2.05) is 12.1 Å². The molecule has 1 amide bonds. The van der Waals surface area contributed by atoms with E-state index in [-0.39, 0.29) is 11.3 Å². The summed E-state index contributed by atoms with van der Waals surface area (Å²) in [5.74, 6) is 0.573. The van der Waals surface area contributed by atoms with Crippen LogP contribution in [0.3, 0.4) is 0 Å². The highest BCUT2D eigenvalue weighted by atomic mass is 19.4. The molecule has 2 aromatic carbocycles. The molecule has 32 heavy (non-hydrogen) atoms. The predicted molar refractivity (Wildman–Crippen MR) is 116 cm³/mol. The molecule has 2 N–H and O–H groups in total. The van der Waals surface area contributed by atoms with Gasteiger partial charge in [-0.2, -0.15) is 13.2 Å². The number of carbonyl (C=O) groups excluding carboxylic acids is 1. The van der Waals surface area contributed by atoms with E-state index in [2.05, 4.69) is 15.3 Å². The van der Waals surface area contributed by atoms with E-state index in [0.29, 0.717) is 17.1 Å². The third kappa shape index (κ3) is 4.97. The van der Waals surface area contributed by atoms with Crippen LogP contribution in [-0.4, -0.2) is 15.9 Å². The maximum atomic E-state index is 13.0. The summed E-state index contributed by atoms with van der Waals surface area (Å²) < 4.78 is 45.0. The van der Waals surface area contributed by atoms with Gasteiger partial charge in [-0.25, -0.2) is 4.98 Å². The van der Waals surface area contributed by atoms with Gasteiger partial charge in [0.15, 0.2) is 0 Å². The van der Waals surface area contributed by atoms with Crippen molar-refractivity contribution in [1.29, 1.82) is 0 Å². The number of ether oxygens (including phenoxy) is 1. The molecule has 0 unspecified atom stereocenters. The van der Waals surface area contributed by atoms with E-state index in [1.165, 1.54) is 25.1 Å². The highest BCUT2D eigenvalue weighted by Gasteiger charge is 2.32. The second-order valence-electron chi connectivity index (χ2n) is 7.11.